The van der Waals surface area contributed by atoms with Crippen LogP contribution >= 0.6 is 22.9 Å². The summed E-state index contributed by atoms with van der Waals surface area (Å²) in [6.07, 6.45) is 0.119. The van der Waals surface area contributed by atoms with Crippen LogP contribution in [0.3, 0.4) is 0 Å². The normalized spacial score (nSPS) is 20.8. The maximum atomic E-state index is 11.7. The Morgan fingerprint density at radius 2 is 2.27 bits per heavy atom. The molecule has 1 atom stereocenters. The first-order valence-electron chi connectivity index (χ1n) is 8.52. The first-order valence-corrected chi connectivity index (χ1v) is 9.72. The van der Waals surface area contributed by atoms with Crippen LogP contribution in [-0.4, -0.2) is 42.7 Å². The summed E-state index contributed by atoms with van der Waals surface area (Å²) in [5.74, 6) is 0.254. The highest BCUT2D eigenvalue weighted by atomic mass is 35.5. The molecule has 0 bridgehead atoms. The molecule has 7 heteroatoms. The second-order valence-electron chi connectivity index (χ2n) is 6.64. The number of carbonyl (C=O) groups excluding carboxylic acids is 1. The fraction of sp³-hybridized carbons (Fsp3) is 0.421. The highest BCUT2D eigenvalue weighted by Crippen LogP contribution is 2.27. The number of benzene rings is 1. The number of thiophene rings is 1. The number of nitrogens with zero attached hydrogens (tertiary/aromatic N) is 1. The van der Waals surface area contributed by atoms with Crippen molar-refractivity contribution >= 4 is 28.8 Å². The third kappa shape index (κ3) is 5.20. The minimum atomic E-state index is -0.751. The van der Waals surface area contributed by atoms with E-state index in [9.17, 15) is 4.79 Å². The average molecular weight is 395 g/mol. The van der Waals surface area contributed by atoms with Gasteiger partial charge in [0.05, 0.1) is 13.0 Å². The van der Waals surface area contributed by atoms with E-state index in [1.165, 1.54) is 9.75 Å². The predicted octanol–water partition coefficient (Wildman–Crippen LogP) is 3.24. The number of hydrogen-bond donors (Lipinski definition) is 1. The van der Waals surface area contributed by atoms with E-state index in [2.05, 4.69) is 24.0 Å². The van der Waals surface area contributed by atoms with E-state index >= 15 is 0 Å². The van der Waals surface area contributed by atoms with Gasteiger partial charge in [-0.1, -0.05) is 17.7 Å². The van der Waals surface area contributed by atoms with Gasteiger partial charge in [0.1, 0.15) is 18.0 Å². The number of primary amides is 1. The average Bonchev–Trinajstić information content (AvgIpc) is 2.98. The lowest BCUT2D eigenvalue weighted by atomic mass is 9.97. The molecule has 1 amide bonds. The molecule has 1 aromatic carbocycles. The summed E-state index contributed by atoms with van der Waals surface area (Å²) < 4.78 is 11.9. The van der Waals surface area contributed by atoms with E-state index in [4.69, 9.17) is 26.8 Å². The van der Waals surface area contributed by atoms with Crippen molar-refractivity contribution in [3.05, 3.63) is 51.2 Å². The molecule has 1 aliphatic rings. The first kappa shape index (κ1) is 19.2. The van der Waals surface area contributed by atoms with Gasteiger partial charge < -0.3 is 15.2 Å². The molecule has 1 unspecified atom stereocenters. The van der Waals surface area contributed by atoms with E-state index in [-0.39, 0.29) is 13.0 Å². The third-order valence-corrected chi connectivity index (χ3v) is 5.52. The van der Waals surface area contributed by atoms with Crippen molar-refractivity contribution in [2.24, 2.45) is 5.73 Å². The number of carbonyl (C=O) groups is 1. The monoisotopic (exact) mass is 394 g/mol. The second-order valence-corrected chi connectivity index (χ2v) is 8.45. The lowest BCUT2D eigenvalue weighted by Crippen LogP contribution is -2.56. The van der Waals surface area contributed by atoms with Crippen molar-refractivity contribution in [3.8, 4) is 5.75 Å². The van der Waals surface area contributed by atoms with Gasteiger partial charge in [0, 0.05) is 34.4 Å². The van der Waals surface area contributed by atoms with Crippen LogP contribution in [0.5, 0.6) is 5.75 Å². The van der Waals surface area contributed by atoms with Gasteiger partial charge in [-0.2, -0.15) is 0 Å². The molecule has 1 aromatic heterocycles. The number of rotatable bonds is 7. The fourth-order valence-electron chi connectivity index (χ4n) is 3.18. The Hall–Kier alpha value is -1.60. The van der Waals surface area contributed by atoms with Crippen LogP contribution in [0.15, 0.2) is 36.4 Å². The van der Waals surface area contributed by atoms with Crippen LogP contribution in [0.1, 0.15) is 16.2 Å². The molecule has 0 radical (unpaired) electrons. The predicted molar refractivity (Wildman–Crippen MR) is 104 cm³/mol. The van der Waals surface area contributed by atoms with Crippen LogP contribution in [-0.2, 0) is 16.1 Å². The molecule has 140 valence electrons. The molecular formula is C19H23ClN2O3S. The molecular weight excluding hydrogens is 372 g/mol. The molecule has 2 N–H and O–H groups in total. The third-order valence-electron chi connectivity index (χ3n) is 4.30. The molecule has 2 aromatic rings. The summed E-state index contributed by atoms with van der Waals surface area (Å²) in [4.78, 5) is 16.5. The first-order chi connectivity index (χ1) is 12.4. The molecule has 0 spiro atoms. The Morgan fingerprint density at radius 3 is 2.96 bits per heavy atom. The molecule has 0 saturated carbocycles. The number of ether oxygens (including phenoxy) is 2. The van der Waals surface area contributed by atoms with Crippen molar-refractivity contribution < 1.29 is 14.3 Å². The van der Waals surface area contributed by atoms with Crippen LogP contribution in [0.2, 0.25) is 5.02 Å². The zero-order valence-electron chi connectivity index (χ0n) is 14.7. The highest BCUT2D eigenvalue weighted by molar-refractivity contribution is 7.11. The second kappa shape index (κ2) is 8.39. The minimum absolute atomic E-state index is 0.119. The summed E-state index contributed by atoms with van der Waals surface area (Å²) in [7, 11) is 0. The van der Waals surface area contributed by atoms with Gasteiger partial charge in [-0.05, 0) is 37.3 Å². The number of nitrogens with two attached hydrogens (primary N) is 1. The minimum Gasteiger partial charge on any atom is -0.490 e. The molecule has 3 rings (SSSR count). The number of halogens is 1. The quantitative estimate of drug-likeness (QED) is 0.783. The number of aryl methyl sites for hydroxylation is 1. The Balaban J connectivity index is 1.69. The largest absolute Gasteiger partial charge is 0.490 e. The zero-order chi connectivity index (χ0) is 18.6. The molecule has 2 heterocycles. The lowest BCUT2D eigenvalue weighted by Gasteiger charge is -2.41. The van der Waals surface area contributed by atoms with Crippen LogP contribution in [0.25, 0.3) is 0 Å². The maximum Gasteiger partial charge on any atom is 0.220 e. The van der Waals surface area contributed by atoms with Gasteiger partial charge in [-0.15, -0.1) is 11.3 Å². The lowest BCUT2D eigenvalue weighted by molar-refractivity contribution is -0.148. The standard InChI is InChI=1S/C19H23ClN2O3S/c1-14-5-6-17(26-14)11-22-7-8-25-19(12-22,10-18(21)23)13-24-16-4-2-3-15(20)9-16/h2-6,9H,7-8,10-13H2,1H3,(H2,21,23). The molecule has 0 aliphatic carbocycles. The Morgan fingerprint density at radius 1 is 1.42 bits per heavy atom. The molecule has 26 heavy (non-hydrogen) atoms. The fourth-order valence-corrected chi connectivity index (χ4v) is 4.30. The van der Waals surface area contributed by atoms with Crippen LogP contribution < -0.4 is 10.5 Å². The van der Waals surface area contributed by atoms with Crippen molar-refractivity contribution in [2.45, 2.75) is 25.5 Å². The van der Waals surface area contributed by atoms with E-state index < -0.39 is 11.5 Å². The Kier molecular flexibility index (Phi) is 6.19. The van der Waals surface area contributed by atoms with Gasteiger partial charge in [0.15, 0.2) is 0 Å². The van der Waals surface area contributed by atoms with Gasteiger partial charge in [-0.3, -0.25) is 9.69 Å². The van der Waals surface area contributed by atoms with Gasteiger partial charge in [0.25, 0.3) is 0 Å². The number of amides is 1. The summed E-state index contributed by atoms with van der Waals surface area (Å²) in [6.45, 7) is 5.12. The number of morpholine rings is 1. The smallest absolute Gasteiger partial charge is 0.220 e. The molecule has 1 saturated heterocycles. The SMILES string of the molecule is Cc1ccc(CN2CCOC(COc3cccc(Cl)c3)(CC(N)=O)C2)s1. The van der Waals surface area contributed by atoms with Gasteiger partial charge in [-0.25, -0.2) is 0 Å². The van der Waals surface area contributed by atoms with Gasteiger partial charge >= 0.3 is 0 Å². The van der Waals surface area contributed by atoms with Crippen molar-refractivity contribution in [2.75, 3.05) is 26.3 Å². The molecule has 1 fully saturated rings. The highest BCUT2D eigenvalue weighted by Gasteiger charge is 2.39. The molecule has 1 aliphatic heterocycles. The van der Waals surface area contributed by atoms with Crippen molar-refractivity contribution in [1.82, 2.24) is 4.90 Å². The zero-order valence-corrected chi connectivity index (χ0v) is 16.3. The maximum absolute atomic E-state index is 11.7. The van der Waals surface area contributed by atoms with Crippen LogP contribution in [0.4, 0.5) is 0 Å². The van der Waals surface area contributed by atoms with Crippen molar-refractivity contribution in [1.29, 1.82) is 0 Å². The Labute approximate surface area is 162 Å². The van der Waals surface area contributed by atoms with E-state index in [0.717, 1.165) is 13.1 Å². The Bertz CT molecular complexity index is 767. The van der Waals surface area contributed by atoms with Crippen molar-refractivity contribution in [3.63, 3.8) is 0 Å². The van der Waals surface area contributed by atoms with E-state index in [1.807, 2.05) is 12.1 Å². The summed E-state index contributed by atoms with van der Waals surface area (Å²) in [5.41, 5.74) is 4.74. The van der Waals surface area contributed by atoms with E-state index in [0.29, 0.717) is 23.9 Å². The van der Waals surface area contributed by atoms with Gasteiger partial charge in [0.2, 0.25) is 5.91 Å². The summed E-state index contributed by atoms with van der Waals surface area (Å²) in [6, 6.07) is 11.5. The summed E-state index contributed by atoms with van der Waals surface area (Å²) in [5, 5.41) is 0.603. The topological polar surface area (TPSA) is 64.8 Å². The van der Waals surface area contributed by atoms with Crippen LogP contribution in [0, 0.1) is 6.92 Å². The number of hydrogen-bond acceptors (Lipinski definition) is 5. The summed E-state index contributed by atoms with van der Waals surface area (Å²) >= 11 is 7.80. The molecule has 5 nitrogen and oxygen atoms in total. The van der Waals surface area contributed by atoms with E-state index in [1.54, 1.807) is 23.5 Å².